The van der Waals surface area contributed by atoms with Crippen molar-refractivity contribution in [1.82, 2.24) is 9.80 Å². The van der Waals surface area contributed by atoms with Crippen molar-refractivity contribution in [3.63, 3.8) is 0 Å². The van der Waals surface area contributed by atoms with Crippen LogP contribution in [0.2, 0.25) is 0 Å². The minimum Gasteiger partial charge on any atom is -0.325 e. The standard InChI is InChI=1S/C26H35FN2OS/c1-5-6-15-28(18-20-7-11-22(12-8-20)26(2,3)4)19-24(30)29-16-17-31-25(29)21-9-13-23(27)14-10-21/h7-14,25H,5-6,15-19H2,1-4H3. The van der Waals surface area contributed by atoms with E-state index in [0.717, 1.165) is 43.8 Å². The van der Waals surface area contributed by atoms with Crippen molar-refractivity contribution in [2.75, 3.05) is 25.4 Å². The van der Waals surface area contributed by atoms with Gasteiger partial charge in [-0.1, -0.05) is 70.5 Å². The van der Waals surface area contributed by atoms with E-state index in [1.165, 1.54) is 23.3 Å². The zero-order valence-corrected chi connectivity index (χ0v) is 20.1. The molecule has 1 amide bonds. The van der Waals surface area contributed by atoms with E-state index >= 15 is 0 Å². The highest BCUT2D eigenvalue weighted by molar-refractivity contribution is 7.99. The molecule has 0 bridgehead atoms. The van der Waals surface area contributed by atoms with Crippen molar-refractivity contribution >= 4 is 17.7 Å². The number of carbonyl (C=O) groups is 1. The van der Waals surface area contributed by atoms with Gasteiger partial charge in [0.15, 0.2) is 0 Å². The average molecular weight is 443 g/mol. The molecule has 3 nitrogen and oxygen atoms in total. The topological polar surface area (TPSA) is 23.6 Å². The van der Waals surface area contributed by atoms with E-state index < -0.39 is 0 Å². The number of halogens is 1. The molecule has 1 aliphatic rings. The molecule has 0 saturated carbocycles. The van der Waals surface area contributed by atoms with Crippen molar-refractivity contribution in [2.45, 2.75) is 57.9 Å². The molecule has 1 fully saturated rings. The first-order valence-corrected chi connectivity index (χ1v) is 12.3. The van der Waals surface area contributed by atoms with Crippen molar-refractivity contribution in [1.29, 1.82) is 0 Å². The van der Waals surface area contributed by atoms with E-state index in [-0.39, 0.29) is 22.5 Å². The molecule has 1 heterocycles. The van der Waals surface area contributed by atoms with Gasteiger partial charge in [0, 0.05) is 18.8 Å². The van der Waals surface area contributed by atoms with E-state index in [4.69, 9.17) is 0 Å². The lowest BCUT2D eigenvalue weighted by atomic mass is 9.87. The number of nitrogens with zero attached hydrogens (tertiary/aromatic N) is 2. The number of thioether (sulfide) groups is 1. The third kappa shape index (κ3) is 6.56. The maximum absolute atomic E-state index is 13.3. The third-order valence-corrected chi connectivity index (χ3v) is 7.04. The molecule has 0 radical (unpaired) electrons. The second kappa shape index (κ2) is 10.6. The highest BCUT2D eigenvalue weighted by Gasteiger charge is 2.31. The van der Waals surface area contributed by atoms with Crippen LogP contribution in [-0.4, -0.2) is 41.1 Å². The molecule has 168 valence electrons. The second-order valence-corrected chi connectivity index (χ2v) is 10.6. The van der Waals surface area contributed by atoms with Gasteiger partial charge in [0.1, 0.15) is 11.2 Å². The van der Waals surface area contributed by atoms with Gasteiger partial charge in [0.05, 0.1) is 6.54 Å². The van der Waals surface area contributed by atoms with Crippen LogP contribution in [0.1, 0.15) is 62.6 Å². The zero-order chi connectivity index (χ0) is 22.4. The minimum absolute atomic E-state index is 0.0211. The van der Waals surface area contributed by atoms with Gasteiger partial charge >= 0.3 is 0 Å². The molecule has 3 rings (SSSR count). The largest absolute Gasteiger partial charge is 0.325 e. The van der Waals surface area contributed by atoms with Crippen molar-refractivity contribution in [3.05, 3.63) is 71.0 Å². The van der Waals surface area contributed by atoms with Crippen LogP contribution >= 0.6 is 11.8 Å². The number of amides is 1. The molecule has 1 saturated heterocycles. The summed E-state index contributed by atoms with van der Waals surface area (Å²) >= 11 is 1.75. The van der Waals surface area contributed by atoms with E-state index in [1.54, 1.807) is 23.9 Å². The van der Waals surface area contributed by atoms with Crippen LogP contribution in [0.4, 0.5) is 4.39 Å². The maximum atomic E-state index is 13.3. The van der Waals surface area contributed by atoms with E-state index in [2.05, 4.69) is 56.9 Å². The van der Waals surface area contributed by atoms with Gasteiger partial charge in [-0.3, -0.25) is 9.69 Å². The highest BCUT2D eigenvalue weighted by Crippen LogP contribution is 2.38. The lowest BCUT2D eigenvalue weighted by Crippen LogP contribution is -2.40. The summed E-state index contributed by atoms with van der Waals surface area (Å²) < 4.78 is 13.3. The molecular formula is C26H35FN2OS. The summed E-state index contributed by atoms with van der Waals surface area (Å²) in [7, 11) is 0. The average Bonchev–Trinajstić information content (AvgIpc) is 3.22. The first kappa shape index (κ1) is 23.8. The number of benzene rings is 2. The van der Waals surface area contributed by atoms with Gasteiger partial charge in [0.2, 0.25) is 5.91 Å². The van der Waals surface area contributed by atoms with Crippen LogP contribution < -0.4 is 0 Å². The Morgan fingerprint density at radius 3 is 2.42 bits per heavy atom. The Labute approximate surface area is 191 Å². The number of unbranched alkanes of at least 4 members (excludes halogenated alkanes) is 1. The van der Waals surface area contributed by atoms with Crippen LogP contribution in [0.15, 0.2) is 48.5 Å². The first-order chi connectivity index (χ1) is 14.8. The molecule has 5 heteroatoms. The lowest BCUT2D eigenvalue weighted by Gasteiger charge is -2.28. The third-order valence-electron chi connectivity index (χ3n) is 5.78. The summed E-state index contributed by atoms with van der Waals surface area (Å²) in [5.41, 5.74) is 3.70. The fraction of sp³-hybridized carbons (Fsp3) is 0.500. The Morgan fingerprint density at radius 2 is 1.81 bits per heavy atom. The first-order valence-electron chi connectivity index (χ1n) is 11.3. The van der Waals surface area contributed by atoms with Crippen molar-refractivity contribution < 1.29 is 9.18 Å². The van der Waals surface area contributed by atoms with E-state index in [9.17, 15) is 9.18 Å². The lowest BCUT2D eigenvalue weighted by molar-refractivity contribution is -0.132. The van der Waals surface area contributed by atoms with Crippen LogP contribution in [0, 0.1) is 5.82 Å². The molecule has 2 aromatic carbocycles. The van der Waals surface area contributed by atoms with Crippen molar-refractivity contribution in [3.8, 4) is 0 Å². The second-order valence-electron chi connectivity index (χ2n) is 9.37. The Bertz CT molecular complexity index is 845. The van der Waals surface area contributed by atoms with Gasteiger partial charge in [-0.25, -0.2) is 4.39 Å². The van der Waals surface area contributed by atoms with Gasteiger partial charge < -0.3 is 4.90 Å². The van der Waals surface area contributed by atoms with E-state index in [1.807, 2.05) is 4.90 Å². The summed E-state index contributed by atoms with van der Waals surface area (Å²) in [6.45, 7) is 11.7. The fourth-order valence-corrected chi connectivity index (χ4v) is 5.15. The van der Waals surface area contributed by atoms with Crippen LogP contribution in [-0.2, 0) is 16.8 Å². The summed E-state index contributed by atoms with van der Waals surface area (Å²) in [6, 6.07) is 15.3. The quantitative estimate of drug-likeness (QED) is 0.501. The maximum Gasteiger partial charge on any atom is 0.237 e. The van der Waals surface area contributed by atoms with Gasteiger partial charge in [-0.2, -0.15) is 0 Å². The van der Waals surface area contributed by atoms with Gasteiger partial charge in [-0.05, 0) is 47.2 Å². The molecule has 2 aromatic rings. The van der Waals surface area contributed by atoms with Crippen LogP contribution in [0.5, 0.6) is 0 Å². The molecule has 1 atom stereocenters. The number of rotatable bonds is 8. The molecule has 1 unspecified atom stereocenters. The smallest absolute Gasteiger partial charge is 0.237 e. The number of hydrogen-bond acceptors (Lipinski definition) is 3. The van der Waals surface area contributed by atoms with Crippen molar-refractivity contribution in [2.24, 2.45) is 0 Å². The zero-order valence-electron chi connectivity index (χ0n) is 19.2. The van der Waals surface area contributed by atoms with Gasteiger partial charge in [0.25, 0.3) is 0 Å². The summed E-state index contributed by atoms with van der Waals surface area (Å²) in [4.78, 5) is 17.5. The molecule has 0 aromatic heterocycles. The summed E-state index contributed by atoms with van der Waals surface area (Å²) in [6.07, 6.45) is 2.18. The summed E-state index contributed by atoms with van der Waals surface area (Å²) in [5, 5.41) is -0.0211. The number of carbonyl (C=O) groups excluding carboxylic acids is 1. The molecule has 1 aliphatic heterocycles. The molecule has 0 N–H and O–H groups in total. The Morgan fingerprint density at radius 1 is 1.13 bits per heavy atom. The van der Waals surface area contributed by atoms with E-state index in [0.29, 0.717) is 6.54 Å². The fourth-order valence-electron chi connectivity index (χ4n) is 3.88. The normalized spacial score (nSPS) is 16.8. The monoisotopic (exact) mass is 442 g/mol. The molecular weight excluding hydrogens is 407 g/mol. The minimum atomic E-state index is -0.243. The predicted molar refractivity (Wildman–Crippen MR) is 129 cm³/mol. The number of hydrogen-bond donors (Lipinski definition) is 0. The molecule has 0 aliphatic carbocycles. The van der Waals surface area contributed by atoms with Gasteiger partial charge in [-0.15, -0.1) is 11.8 Å². The Hall–Kier alpha value is -1.85. The van der Waals surface area contributed by atoms with Crippen LogP contribution in [0.25, 0.3) is 0 Å². The molecule has 0 spiro atoms. The highest BCUT2D eigenvalue weighted by atomic mass is 32.2. The summed E-state index contributed by atoms with van der Waals surface area (Å²) in [5.74, 6) is 0.825. The Kier molecular flexibility index (Phi) is 8.17. The van der Waals surface area contributed by atoms with Crippen LogP contribution in [0.3, 0.4) is 0 Å². The SMILES string of the molecule is CCCCN(CC(=O)N1CCSC1c1ccc(F)cc1)Cc1ccc(C(C)(C)C)cc1. The predicted octanol–water partition coefficient (Wildman–Crippen LogP) is 6.00. The molecule has 31 heavy (non-hydrogen) atoms. The Balaban J connectivity index is 1.68.